The van der Waals surface area contributed by atoms with Gasteiger partial charge in [-0.1, -0.05) is 30.3 Å². The Bertz CT molecular complexity index is 450. The summed E-state index contributed by atoms with van der Waals surface area (Å²) in [5.41, 5.74) is 1.32. The maximum atomic E-state index is 12.1. The number of carbonyl (C=O) groups excluding carboxylic acids is 1. The minimum absolute atomic E-state index is 0.188. The van der Waals surface area contributed by atoms with E-state index in [1.54, 1.807) is 0 Å². The van der Waals surface area contributed by atoms with Gasteiger partial charge in [0.05, 0.1) is 6.61 Å². The molecule has 0 radical (unpaired) electrons. The van der Waals surface area contributed by atoms with Gasteiger partial charge >= 0.3 is 0 Å². The zero-order valence-corrected chi connectivity index (χ0v) is 14.2. The molecule has 4 nitrogen and oxygen atoms in total. The molecule has 1 aromatic rings. The van der Waals surface area contributed by atoms with Crippen molar-refractivity contribution < 1.29 is 9.53 Å². The first-order valence-electron chi connectivity index (χ1n) is 8.88. The van der Waals surface area contributed by atoms with Crippen molar-refractivity contribution >= 4 is 5.91 Å². The number of amides is 1. The molecule has 0 spiro atoms. The van der Waals surface area contributed by atoms with Crippen molar-refractivity contribution in [2.24, 2.45) is 5.92 Å². The highest BCUT2D eigenvalue weighted by atomic mass is 16.5. The highest BCUT2D eigenvalue weighted by Crippen LogP contribution is 2.15. The van der Waals surface area contributed by atoms with Gasteiger partial charge in [0.15, 0.2) is 0 Å². The number of hydrogen-bond acceptors (Lipinski definition) is 3. The third-order valence-corrected chi connectivity index (χ3v) is 4.39. The maximum Gasteiger partial charge on any atom is 0.223 e. The van der Waals surface area contributed by atoms with Gasteiger partial charge in [0.25, 0.3) is 0 Å². The normalized spacial score (nSPS) is 21.1. The fourth-order valence-corrected chi connectivity index (χ4v) is 2.99. The van der Waals surface area contributed by atoms with E-state index in [-0.39, 0.29) is 11.8 Å². The van der Waals surface area contributed by atoms with Crippen LogP contribution in [0.15, 0.2) is 30.3 Å². The third kappa shape index (κ3) is 7.14. The third-order valence-electron chi connectivity index (χ3n) is 4.39. The van der Waals surface area contributed by atoms with E-state index in [9.17, 15) is 4.79 Å². The molecule has 1 amide bonds. The lowest BCUT2D eigenvalue weighted by Crippen LogP contribution is -2.42. The minimum atomic E-state index is 0.188. The van der Waals surface area contributed by atoms with Crippen molar-refractivity contribution in [3.63, 3.8) is 0 Å². The SMILES string of the molecule is C[C@H]1C[C@@H](C(=O)NCCCCOCCc2ccccc2)CCN1. The van der Waals surface area contributed by atoms with E-state index < -0.39 is 0 Å². The second-order valence-corrected chi connectivity index (χ2v) is 6.42. The second kappa shape index (κ2) is 10.4. The predicted octanol–water partition coefficient (Wildman–Crippen LogP) is 2.53. The van der Waals surface area contributed by atoms with Crippen LogP contribution in [0.4, 0.5) is 0 Å². The summed E-state index contributed by atoms with van der Waals surface area (Å²) in [6.45, 7) is 5.40. The van der Waals surface area contributed by atoms with E-state index in [2.05, 4.69) is 41.8 Å². The van der Waals surface area contributed by atoms with E-state index in [4.69, 9.17) is 4.74 Å². The summed E-state index contributed by atoms with van der Waals surface area (Å²) in [7, 11) is 0. The van der Waals surface area contributed by atoms with Crippen molar-refractivity contribution in [1.29, 1.82) is 0 Å². The number of carbonyl (C=O) groups is 1. The molecule has 0 bridgehead atoms. The first-order valence-corrected chi connectivity index (χ1v) is 8.88. The van der Waals surface area contributed by atoms with Gasteiger partial charge in [-0.3, -0.25) is 4.79 Å². The summed E-state index contributed by atoms with van der Waals surface area (Å²) >= 11 is 0. The van der Waals surface area contributed by atoms with Crippen LogP contribution in [0.3, 0.4) is 0 Å². The molecule has 0 aliphatic carbocycles. The lowest BCUT2D eigenvalue weighted by molar-refractivity contribution is -0.126. The quantitative estimate of drug-likeness (QED) is 0.688. The molecule has 2 atom stereocenters. The lowest BCUT2D eigenvalue weighted by Gasteiger charge is -2.27. The number of piperidine rings is 1. The monoisotopic (exact) mass is 318 g/mol. The Labute approximate surface area is 140 Å². The molecule has 4 heteroatoms. The number of ether oxygens (including phenoxy) is 1. The van der Waals surface area contributed by atoms with Crippen LogP contribution < -0.4 is 10.6 Å². The van der Waals surface area contributed by atoms with Gasteiger partial charge in [0.2, 0.25) is 5.91 Å². The highest BCUT2D eigenvalue weighted by molar-refractivity contribution is 5.78. The van der Waals surface area contributed by atoms with Crippen LogP contribution in [-0.4, -0.2) is 38.3 Å². The van der Waals surface area contributed by atoms with Gasteiger partial charge in [-0.15, -0.1) is 0 Å². The zero-order chi connectivity index (χ0) is 16.3. The average molecular weight is 318 g/mol. The number of unbranched alkanes of at least 4 members (excludes halogenated alkanes) is 1. The van der Waals surface area contributed by atoms with E-state index in [1.165, 1.54) is 5.56 Å². The van der Waals surface area contributed by atoms with Crippen molar-refractivity contribution in [3.8, 4) is 0 Å². The summed E-state index contributed by atoms with van der Waals surface area (Å²) in [5.74, 6) is 0.414. The molecule has 1 heterocycles. The van der Waals surface area contributed by atoms with Gasteiger partial charge in [0.1, 0.15) is 0 Å². The first kappa shape index (κ1) is 18.0. The standard InChI is InChI=1S/C19H30N2O2/c1-16-15-18(9-12-20-16)19(22)21-11-5-6-13-23-14-10-17-7-3-2-4-8-17/h2-4,7-8,16,18,20H,5-6,9-15H2,1H3,(H,21,22)/t16-,18-/m0/s1. The predicted molar refractivity (Wildman–Crippen MR) is 93.4 cm³/mol. The summed E-state index contributed by atoms with van der Waals surface area (Å²) < 4.78 is 5.65. The van der Waals surface area contributed by atoms with E-state index in [1.807, 2.05) is 6.07 Å². The molecular formula is C19H30N2O2. The summed E-state index contributed by atoms with van der Waals surface area (Å²) in [4.78, 5) is 12.1. The highest BCUT2D eigenvalue weighted by Gasteiger charge is 2.23. The largest absolute Gasteiger partial charge is 0.381 e. The van der Waals surface area contributed by atoms with Crippen LogP contribution in [0.25, 0.3) is 0 Å². The molecule has 0 aromatic heterocycles. The van der Waals surface area contributed by atoms with Crippen LogP contribution in [0.5, 0.6) is 0 Å². The van der Waals surface area contributed by atoms with Gasteiger partial charge < -0.3 is 15.4 Å². The van der Waals surface area contributed by atoms with Gasteiger partial charge in [0, 0.05) is 25.1 Å². The van der Waals surface area contributed by atoms with Crippen LogP contribution in [0.1, 0.15) is 38.2 Å². The molecule has 1 fully saturated rings. The lowest BCUT2D eigenvalue weighted by atomic mass is 9.92. The Morgan fingerprint density at radius 3 is 2.87 bits per heavy atom. The van der Waals surface area contributed by atoms with Gasteiger partial charge in [-0.25, -0.2) is 0 Å². The minimum Gasteiger partial charge on any atom is -0.381 e. The van der Waals surface area contributed by atoms with Crippen LogP contribution in [0.2, 0.25) is 0 Å². The second-order valence-electron chi connectivity index (χ2n) is 6.42. The molecular weight excluding hydrogens is 288 g/mol. The Kier molecular flexibility index (Phi) is 8.12. The molecule has 1 aliphatic rings. The smallest absolute Gasteiger partial charge is 0.223 e. The first-order chi connectivity index (χ1) is 11.3. The molecule has 2 N–H and O–H groups in total. The van der Waals surface area contributed by atoms with Crippen molar-refractivity contribution in [2.75, 3.05) is 26.3 Å². The number of nitrogens with one attached hydrogen (secondary N) is 2. The molecule has 23 heavy (non-hydrogen) atoms. The molecule has 2 rings (SSSR count). The topological polar surface area (TPSA) is 50.4 Å². The van der Waals surface area contributed by atoms with Crippen LogP contribution >= 0.6 is 0 Å². The number of benzene rings is 1. The molecule has 128 valence electrons. The van der Waals surface area contributed by atoms with E-state index in [0.29, 0.717) is 6.04 Å². The molecule has 0 saturated carbocycles. The summed E-state index contributed by atoms with van der Waals surface area (Å²) in [5, 5.41) is 6.45. The van der Waals surface area contributed by atoms with Crippen LogP contribution in [-0.2, 0) is 16.0 Å². The van der Waals surface area contributed by atoms with Gasteiger partial charge in [-0.2, -0.15) is 0 Å². The summed E-state index contributed by atoms with van der Waals surface area (Å²) in [6.07, 6.45) is 4.86. The summed E-state index contributed by atoms with van der Waals surface area (Å²) in [6, 6.07) is 10.9. The fraction of sp³-hybridized carbons (Fsp3) is 0.632. The number of hydrogen-bond donors (Lipinski definition) is 2. The Morgan fingerprint density at radius 2 is 2.09 bits per heavy atom. The maximum absolute atomic E-state index is 12.1. The zero-order valence-electron chi connectivity index (χ0n) is 14.2. The van der Waals surface area contributed by atoms with E-state index in [0.717, 1.165) is 58.4 Å². The molecule has 1 saturated heterocycles. The Hall–Kier alpha value is -1.39. The average Bonchev–Trinajstić information content (AvgIpc) is 2.58. The van der Waals surface area contributed by atoms with Gasteiger partial charge in [-0.05, 0) is 51.1 Å². The Morgan fingerprint density at radius 1 is 1.26 bits per heavy atom. The van der Waals surface area contributed by atoms with Crippen LogP contribution in [0, 0.1) is 5.92 Å². The number of rotatable bonds is 9. The van der Waals surface area contributed by atoms with E-state index >= 15 is 0 Å². The van der Waals surface area contributed by atoms with Crippen molar-refractivity contribution in [2.45, 2.75) is 45.1 Å². The Balaban J connectivity index is 1.44. The van der Waals surface area contributed by atoms with Crippen molar-refractivity contribution in [3.05, 3.63) is 35.9 Å². The fourth-order valence-electron chi connectivity index (χ4n) is 2.99. The molecule has 1 aromatic carbocycles. The van der Waals surface area contributed by atoms with Crippen molar-refractivity contribution in [1.82, 2.24) is 10.6 Å². The molecule has 1 aliphatic heterocycles. The molecule has 0 unspecified atom stereocenters.